The summed E-state index contributed by atoms with van der Waals surface area (Å²) in [6, 6.07) is 0. The normalized spacial score (nSPS) is 13.8. The van der Waals surface area contributed by atoms with Gasteiger partial charge in [-0.1, -0.05) is 181 Å². The largest absolute Gasteiger partial charge is 0.465 e. The van der Waals surface area contributed by atoms with Crippen LogP contribution in [0, 0.1) is 5.92 Å². The molecule has 0 radical (unpaired) electrons. The number of carbonyl (C=O) groups excluding carboxylic acids is 4. The lowest BCUT2D eigenvalue weighted by Gasteiger charge is -2.28. The van der Waals surface area contributed by atoms with Gasteiger partial charge in [-0.15, -0.1) is 0 Å². The smallest absolute Gasteiger partial charge is 0.306 e. The van der Waals surface area contributed by atoms with Gasteiger partial charge < -0.3 is 24.0 Å². The van der Waals surface area contributed by atoms with Crippen molar-refractivity contribution < 1.29 is 33.4 Å². The van der Waals surface area contributed by atoms with Crippen LogP contribution in [-0.2, 0) is 33.4 Å². The van der Waals surface area contributed by atoms with Gasteiger partial charge >= 0.3 is 17.9 Å². The first kappa shape index (κ1) is 64.6. The Kier molecular flexibility index (Phi) is 46.0. The van der Waals surface area contributed by atoms with E-state index in [4.69, 9.17) is 14.2 Å². The summed E-state index contributed by atoms with van der Waals surface area (Å²) < 4.78 is 17.7. The molecule has 1 aliphatic heterocycles. The second-order valence-electron chi connectivity index (χ2n) is 20.9. The molecule has 0 aromatic rings. The predicted molar refractivity (Wildman–Crippen MR) is 289 cm³/mol. The molecule has 2 atom stereocenters. The molecule has 0 spiro atoms. The van der Waals surface area contributed by atoms with Crippen LogP contribution in [-0.4, -0.2) is 85.7 Å². The topological polar surface area (TPSA) is 102 Å². The summed E-state index contributed by atoms with van der Waals surface area (Å²) in [6.07, 6.45) is 48.2. The van der Waals surface area contributed by atoms with E-state index in [0.717, 1.165) is 116 Å². The minimum atomic E-state index is -0.287. The second kappa shape index (κ2) is 49.2. The number of esters is 3. The van der Waals surface area contributed by atoms with E-state index in [1.54, 1.807) is 0 Å². The molecule has 69 heavy (non-hydrogen) atoms. The van der Waals surface area contributed by atoms with E-state index < -0.39 is 0 Å². The van der Waals surface area contributed by atoms with Crippen LogP contribution in [0.4, 0.5) is 0 Å². The molecule has 0 aromatic heterocycles. The van der Waals surface area contributed by atoms with Crippen LogP contribution in [0.5, 0.6) is 0 Å². The SMILES string of the molecule is CCCCCCCC/C=C\CCCCCCCC(=O)OCC(COC(=O)CCCCCCC(=O)OC(CCCCCC)CCCCCCCC)CN(CCCN1CCCC1)C(=O)CCCCCCC. The summed E-state index contributed by atoms with van der Waals surface area (Å²) in [6.45, 7) is 13.5. The maximum absolute atomic E-state index is 13.7. The van der Waals surface area contributed by atoms with Crippen molar-refractivity contribution in [1.29, 1.82) is 0 Å². The fourth-order valence-electron chi connectivity index (χ4n) is 9.57. The van der Waals surface area contributed by atoms with Crippen molar-refractivity contribution >= 4 is 23.8 Å². The van der Waals surface area contributed by atoms with Crippen LogP contribution in [0.1, 0.15) is 291 Å². The fourth-order valence-corrected chi connectivity index (χ4v) is 9.57. The molecule has 9 nitrogen and oxygen atoms in total. The van der Waals surface area contributed by atoms with Crippen LogP contribution in [0.3, 0.4) is 0 Å². The third-order valence-corrected chi connectivity index (χ3v) is 14.1. The van der Waals surface area contributed by atoms with Gasteiger partial charge in [0.25, 0.3) is 0 Å². The van der Waals surface area contributed by atoms with Gasteiger partial charge in [-0.2, -0.15) is 0 Å². The number of amides is 1. The Morgan fingerprint density at radius 2 is 0.855 bits per heavy atom. The Labute approximate surface area is 426 Å². The lowest BCUT2D eigenvalue weighted by molar-refractivity contribution is -0.151. The summed E-state index contributed by atoms with van der Waals surface area (Å²) >= 11 is 0. The number of nitrogens with zero attached hydrogens (tertiary/aromatic N) is 2. The maximum atomic E-state index is 13.7. The molecule has 1 saturated heterocycles. The lowest BCUT2D eigenvalue weighted by Crippen LogP contribution is -2.40. The number of carbonyl (C=O) groups is 4. The molecule has 1 amide bonds. The minimum absolute atomic E-state index is 0.0373. The first-order chi connectivity index (χ1) is 33.8. The second-order valence-corrected chi connectivity index (χ2v) is 20.9. The number of likely N-dealkylation sites (tertiary alicyclic amines) is 1. The Bertz CT molecular complexity index is 1220. The van der Waals surface area contributed by atoms with Gasteiger partial charge in [-0.3, -0.25) is 19.2 Å². The standard InChI is InChI=1S/C60H112N2O7/c1-5-9-13-17-19-20-21-22-23-24-25-26-27-30-36-45-58(64)67-53-55(52-62(51-41-50-61-48-39-40-49-61)57(63)44-35-28-15-11-7-3)54-68-59(65)46-37-31-32-38-47-60(66)69-56(42-33-16-12-8-4)43-34-29-18-14-10-6-2/h22-23,55-56H,5-21,24-54H2,1-4H3/b23-22-. The molecule has 1 rings (SSSR count). The van der Waals surface area contributed by atoms with Gasteiger partial charge in [0.05, 0.1) is 13.2 Å². The molecule has 0 N–H and O–H groups in total. The van der Waals surface area contributed by atoms with E-state index in [1.807, 2.05) is 4.90 Å². The Morgan fingerprint density at radius 1 is 0.464 bits per heavy atom. The molecule has 0 saturated carbocycles. The summed E-state index contributed by atoms with van der Waals surface area (Å²) in [7, 11) is 0. The molecule has 1 aliphatic rings. The molecule has 1 fully saturated rings. The summed E-state index contributed by atoms with van der Waals surface area (Å²) in [5, 5.41) is 0. The highest BCUT2D eigenvalue weighted by Crippen LogP contribution is 2.19. The number of ether oxygens (including phenoxy) is 3. The van der Waals surface area contributed by atoms with E-state index in [2.05, 4.69) is 44.7 Å². The quantitative estimate of drug-likeness (QED) is 0.0257. The van der Waals surface area contributed by atoms with Gasteiger partial charge in [-0.25, -0.2) is 0 Å². The highest BCUT2D eigenvalue weighted by molar-refractivity contribution is 5.76. The van der Waals surface area contributed by atoms with Gasteiger partial charge in [0.1, 0.15) is 6.10 Å². The fraction of sp³-hybridized carbons (Fsp3) is 0.900. The number of allylic oxidation sites excluding steroid dienone is 2. The zero-order chi connectivity index (χ0) is 50.1. The van der Waals surface area contributed by atoms with E-state index in [0.29, 0.717) is 45.2 Å². The zero-order valence-corrected chi connectivity index (χ0v) is 46.0. The van der Waals surface area contributed by atoms with Crippen LogP contribution in [0.15, 0.2) is 12.2 Å². The Balaban J connectivity index is 2.63. The Morgan fingerprint density at radius 3 is 1.33 bits per heavy atom. The van der Waals surface area contributed by atoms with Crippen LogP contribution in [0.2, 0.25) is 0 Å². The van der Waals surface area contributed by atoms with Crippen LogP contribution in [0.25, 0.3) is 0 Å². The minimum Gasteiger partial charge on any atom is -0.465 e. The summed E-state index contributed by atoms with van der Waals surface area (Å²) in [5.74, 6) is -0.697. The van der Waals surface area contributed by atoms with Crippen molar-refractivity contribution in [2.24, 2.45) is 5.92 Å². The van der Waals surface area contributed by atoms with Gasteiger partial charge in [0.2, 0.25) is 5.91 Å². The first-order valence-electron chi connectivity index (χ1n) is 30.0. The van der Waals surface area contributed by atoms with Crippen molar-refractivity contribution in [3.8, 4) is 0 Å². The van der Waals surface area contributed by atoms with E-state index in [-0.39, 0.29) is 49.1 Å². The molecule has 0 bridgehead atoms. The van der Waals surface area contributed by atoms with Crippen molar-refractivity contribution in [1.82, 2.24) is 9.80 Å². The number of rotatable bonds is 51. The number of hydrogen-bond donors (Lipinski definition) is 0. The van der Waals surface area contributed by atoms with Crippen molar-refractivity contribution in [2.75, 3.05) is 45.9 Å². The molecule has 0 aliphatic carbocycles. The molecule has 404 valence electrons. The number of hydrogen-bond acceptors (Lipinski definition) is 8. The lowest BCUT2D eigenvalue weighted by atomic mass is 10.0. The summed E-state index contributed by atoms with van der Waals surface area (Å²) in [4.78, 5) is 57.1. The molecular formula is C60H112N2O7. The summed E-state index contributed by atoms with van der Waals surface area (Å²) in [5.41, 5.74) is 0. The van der Waals surface area contributed by atoms with Crippen molar-refractivity contribution in [2.45, 2.75) is 297 Å². The molecule has 0 aromatic carbocycles. The van der Waals surface area contributed by atoms with Gasteiger partial charge in [0.15, 0.2) is 0 Å². The maximum Gasteiger partial charge on any atom is 0.306 e. The molecule has 2 unspecified atom stereocenters. The monoisotopic (exact) mass is 973 g/mol. The third kappa shape index (κ3) is 41.9. The highest BCUT2D eigenvalue weighted by atomic mass is 16.5. The zero-order valence-electron chi connectivity index (χ0n) is 46.0. The highest BCUT2D eigenvalue weighted by Gasteiger charge is 2.23. The average molecular weight is 974 g/mol. The van der Waals surface area contributed by atoms with E-state index in [1.165, 1.54) is 135 Å². The van der Waals surface area contributed by atoms with Crippen molar-refractivity contribution in [3.05, 3.63) is 12.2 Å². The van der Waals surface area contributed by atoms with Crippen LogP contribution >= 0.6 is 0 Å². The molecule has 9 heteroatoms. The van der Waals surface area contributed by atoms with Gasteiger partial charge in [-0.05, 0) is 116 Å². The number of unbranched alkanes of at least 4 members (excludes halogenated alkanes) is 26. The van der Waals surface area contributed by atoms with E-state index in [9.17, 15) is 19.2 Å². The Hall–Kier alpha value is -2.42. The average Bonchev–Trinajstić information content (AvgIpc) is 3.87. The van der Waals surface area contributed by atoms with Crippen LogP contribution < -0.4 is 0 Å². The van der Waals surface area contributed by atoms with Crippen molar-refractivity contribution in [3.63, 3.8) is 0 Å². The predicted octanol–water partition coefficient (Wildman–Crippen LogP) is 16.4. The van der Waals surface area contributed by atoms with Gasteiger partial charge in [0, 0.05) is 44.7 Å². The molecular weight excluding hydrogens is 861 g/mol. The third-order valence-electron chi connectivity index (χ3n) is 14.1. The first-order valence-corrected chi connectivity index (χ1v) is 30.0. The molecule has 1 heterocycles. The van der Waals surface area contributed by atoms with E-state index >= 15 is 0 Å².